The van der Waals surface area contributed by atoms with Gasteiger partial charge in [0.15, 0.2) is 11.6 Å². The number of hydrogen-bond donors (Lipinski definition) is 1. The molecule has 0 bridgehead atoms. The van der Waals surface area contributed by atoms with Gasteiger partial charge in [0, 0.05) is 11.6 Å². The molecule has 0 unspecified atom stereocenters. The minimum atomic E-state index is -0.644. The topological polar surface area (TPSA) is 20.2 Å². The SMILES string of the molecule is Oc1cc(-c2ccc[c]c2Cl)ccc1F. The number of phenolic OH excluding ortho intramolecular Hbond substituents is 1. The van der Waals surface area contributed by atoms with Gasteiger partial charge in [-0.3, -0.25) is 0 Å². The standard InChI is InChI=1S/C12H7ClFO/c13-10-4-2-1-3-9(10)8-5-6-11(14)12(15)7-8/h1-3,5-7,15H. The molecule has 2 aromatic carbocycles. The van der Waals surface area contributed by atoms with Crippen molar-refractivity contribution in [3.05, 3.63) is 53.3 Å². The Morgan fingerprint density at radius 3 is 2.73 bits per heavy atom. The Hall–Kier alpha value is -1.54. The van der Waals surface area contributed by atoms with E-state index in [0.717, 1.165) is 5.56 Å². The Morgan fingerprint density at radius 1 is 1.27 bits per heavy atom. The van der Waals surface area contributed by atoms with Crippen molar-refractivity contribution < 1.29 is 9.50 Å². The fraction of sp³-hybridized carbons (Fsp3) is 0. The van der Waals surface area contributed by atoms with Gasteiger partial charge in [0.1, 0.15) is 0 Å². The van der Waals surface area contributed by atoms with Crippen LogP contribution >= 0.6 is 11.6 Å². The maximum absolute atomic E-state index is 12.8. The van der Waals surface area contributed by atoms with Crippen LogP contribution in [0.1, 0.15) is 0 Å². The van der Waals surface area contributed by atoms with Crippen molar-refractivity contribution in [1.82, 2.24) is 0 Å². The van der Waals surface area contributed by atoms with Crippen molar-refractivity contribution in [3.63, 3.8) is 0 Å². The quantitative estimate of drug-likeness (QED) is 0.779. The number of benzene rings is 2. The van der Waals surface area contributed by atoms with E-state index in [1.54, 1.807) is 24.3 Å². The van der Waals surface area contributed by atoms with Gasteiger partial charge >= 0.3 is 0 Å². The molecule has 0 spiro atoms. The molecule has 2 aromatic rings. The van der Waals surface area contributed by atoms with Gasteiger partial charge in [-0.05, 0) is 17.7 Å². The first-order valence-corrected chi connectivity index (χ1v) is 4.71. The smallest absolute Gasteiger partial charge is 0.164 e. The molecule has 0 aliphatic rings. The number of hydrogen-bond acceptors (Lipinski definition) is 1. The Labute approximate surface area is 91.8 Å². The molecule has 0 amide bonds. The molecule has 3 heteroatoms. The van der Waals surface area contributed by atoms with Gasteiger partial charge in [0.05, 0.1) is 5.02 Å². The van der Waals surface area contributed by atoms with Gasteiger partial charge in [0.25, 0.3) is 0 Å². The van der Waals surface area contributed by atoms with Crippen molar-refractivity contribution in [1.29, 1.82) is 0 Å². The molecule has 15 heavy (non-hydrogen) atoms. The van der Waals surface area contributed by atoms with E-state index in [9.17, 15) is 9.50 Å². The second kappa shape index (κ2) is 3.91. The van der Waals surface area contributed by atoms with Crippen LogP contribution in [0, 0.1) is 11.9 Å². The summed E-state index contributed by atoms with van der Waals surface area (Å²) in [7, 11) is 0. The summed E-state index contributed by atoms with van der Waals surface area (Å²) in [5.74, 6) is -1.03. The zero-order valence-electron chi connectivity index (χ0n) is 7.67. The third-order valence-electron chi connectivity index (χ3n) is 2.06. The van der Waals surface area contributed by atoms with E-state index in [2.05, 4.69) is 6.07 Å². The Bertz CT molecular complexity index is 497. The predicted molar refractivity (Wildman–Crippen MR) is 57.3 cm³/mol. The first-order valence-electron chi connectivity index (χ1n) is 4.33. The highest BCUT2D eigenvalue weighted by Crippen LogP contribution is 2.30. The number of halogens is 2. The fourth-order valence-electron chi connectivity index (χ4n) is 1.32. The van der Waals surface area contributed by atoms with Crippen molar-refractivity contribution >= 4 is 11.6 Å². The number of rotatable bonds is 1. The van der Waals surface area contributed by atoms with Crippen molar-refractivity contribution in [2.45, 2.75) is 0 Å². The molecule has 1 radical (unpaired) electrons. The minimum absolute atomic E-state index is 0.382. The monoisotopic (exact) mass is 221 g/mol. The molecule has 0 aliphatic carbocycles. The maximum atomic E-state index is 12.8. The summed E-state index contributed by atoms with van der Waals surface area (Å²) in [6.45, 7) is 0. The summed E-state index contributed by atoms with van der Waals surface area (Å²) in [5.41, 5.74) is 1.38. The molecule has 1 N–H and O–H groups in total. The Kier molecular flexibility index (Phi) is 2.60. The van der Waals surface area contributed by atoms with E-state index >= 15 is 0 Å². The van der Waals surface area contributed by atoms with Crippen LogP contribution in [-0.4, -0.2) is 5.11 Å². The van der Waals surface area contributed by atoms with Gasteiger partial charge in [-0.2, -0.15) is 0 Å². The largest absolute Gasteiger partial charge is 0.505 e. The van der Waals surface area contributed by atoms with Gasteiger partial charge in [-0.15, -0.1) is 0 Å². The lowest BCUT2D eigenvalue weighted by atomic mass is 10.1. The van der Waals surface area contributed by atoms with Crippen LogP contribution < -0.4 is 0 Å². The molecule has 75 valence electrons. The van der Waals surface area contributed by atoms with Gasteiger partial charge in [-0.1, -0.05) is 35.9 Å². The molecule has 1 nitrogen and oxygen atoms in total. The minimum Gasteiger partial charge on any atom is -0.505 e. The molecular weight excluding hydrogens is 215 g/mol. The predicted octanol–water partition coefficient (Wildman–Crippen LogP) is 3.65. The highest BCUT2D eigenvalue weighted by Gasteiger charge is 2.06. The van der Waals surface area contributed by atoms with Gasteiger partial charge in [0.2, 0.25) is 0 Å². The van der Waals surface area contributed by atoms with Gasteiger partial charge < -0.3 is 5.11 Å². The third-order valence-corrected chi connectivity index (χ3v) is 2.38. The van der Waals surface area contributed by atoms with Crippen molar-refractivity contribution in [3.8, 4) is 16.9 Å². The van der Waals surface area contributed by atoms with Crippen molar-refractivity contribution in [2.24, 2.45) is 0 Å². The summed E-state index contributed by atoms with van der Waals surface area (Å²) >= 11 is 5.92. The summed E-state index contributed by atoms with van der Waals surface area (Å²) < 4.78 is 12.8. The highest BCUT2D eigenvalue weighted by atomic mass is 35.5. The van der Waals surface area contributed by atoms with E-state index in [1.807, 2.05) is 0 Å². The maximum Gasteiger partial charge on any atom is 0.164 e. The molecule has 0 heterocycles. The first-order chi connectivity index (χ1) is 7.18. The Balaban J connectivity index is 2.55. The summed E-state index contributed by atoms with van der Waals surface area (Å²) in [6.07, 6.45) is 0. The van der Waals surface area contributed by atoms with E-state index in [1.165, 1.54) is 12.1 Å². The fourth-order valence-corrected chi connectivity index (χ4v) is 1.55. The molecular formula is C12H7ClFO. The summed E-state index contributed by atoms with van der Waals surface area (Å²) in [5, 5.41) is 9.67. The first kappa shape index (κ1) is 9.99. The summed E-state index contributed by atoms with van der Waals surface area (Å²) in [4.78, 5) is 0. The lowest BCUT2D eigenvalue weighted by Gasteiger charge is -2.04. The Morgan fingerprint density at radius 2 is 2.07 bits per heavy atom. The summed E-state index contributed by atoms with van der Waals surface area (Å²) in [6, 6.07) is 12.2. The van der Waals surface area contributed by atoms with Crippen LogP contribution in [0.15, 0.2) is 36.4 Å². The molecule has 0 fully saturated rings. The van der Waals surface area contributed by atoms with Crippen molar-refractivity contribution in [2.75, 3.05) is 0 Å². The van der Waals surface area contributed by atoms with Gasteiger partial charge in [-0.25, -0.2) is 4.39 Å². The zero-order valence-corrected chi connectivity index (χ0v) is 8.42. The van der Waals surface area contributed by atoms with Crippen LogP contribution in [0.2, 0.25) is 5.02 Å². The zero-order chi connectivity index (χ0) is 10.8. The van der Waals surface area contributed by atoms with Crippen LogP contribution in [-0.2, 0) is 0 Å². The molecule has 0 aromatic heterocycles. The third kappa shape index (κ3) is 1.95. The number of aromatic hydroxyl groups is 1. The lowest BCUT2D eigenvalue weighted by molar-refractivity contribution is 0.433. The second-order valence-corrected chi connectivity index (χ2v) is 3.44. The second-order valence-electron chi connectivity index (χ2n) is 3.06. The average molecular weight is 222 g/mol. The van der Waals surface area contributed by atoms with E-state index < -0.39 is 5.82 Å². The molecule has 0 saturated heterocycles. The normalized spacial score (nSPS) is 10.3. The highest BCUT2D eigenvalue weighted by molar-refractivity contribution is 6.33. The average Bonchev–Trinajstić information content (AvgIpc) is 2.23. The van der Waals surface area contributed by atoms with Crippen LogP contribution in [0.4, 0.5) is 4.39 Å². The molecule has 0 saturated carbocycles. The number of phenols is 1. The van der Waals surface area contributed by atoms with Crippen LogP contribution in [0.3, 0.4) is 0 Å². The lowest BCUT2D eigenvalue weighted by Crippen LogP contribution is -1.81. The molecule has 0 atom stereocenters. The van der Waals surface area contributed by atoms with Crippen LogP contribution in [0.5, 0.6) is 5.75 Å². The molecule has 2 rings (SSSR count). The molecule has 0 aliphatic heterocycles. The van der Waals surface area contributed by atoms with E-state index in [-0.39, 0.29) is 5.75 Å². The van der Waals surface area contributed by atoms with Crippen LogP contribution in [0.25, 0.3) is 11.1 Å². The van der Waals surface area contributed by atoms with E-state index in [0.29, 0.717) is 10.6 Å². The van der Waals surface area contributed by atoms with E-state index in [4.69, 9.17) is 11.6 Å².